The molecule has 0 unspecified atom stereocenters. The van der Waals surface area contributed by atoms with Crippen LogP contribution in [0, 0.1) is 11.3 Å². The van der Waals surface area contributed by atoms with Crippen LogP contribution in [0.1, 0.15) is 56.2 Å². The van der Waals surface area contributed by atoms with E-state index in [2.05, 4.69) is 31.3 Å². The lowest BCUT2D eigenvalue weighted by molar-refractivity contribution is -0.134. The number of amidine groups is 1. The third-order valence-corrected chi connectivity index (χ3v) is 7.36. The number of benzene rings is 2. The lowest BCUT2D eigenvalue weighted by atomic mass is 10.0. The summed E-state index contributed by atoms with van der Waals surface area (Å²) in [7, 11) is 0. The van der Waals surface area contributed by atoms with E-state index >= 15 is 0 Å². The lowest BCUT2D eigenvalue weighted by Crippen LogP contribution is -2.58. The summed E-state index contributed by atoms with van der Waals surface area (Å²) in [6, 6.07) is 12.9. The zero-order valence-electron chi connectivity index (χ0n) is 28.1. The third kappa shape index (κ3) is 15.2. The van der Waals surface area contributed by atoms with Gasteiger partial charge in [-0.05, 0) is 42.7 Å². The first-order chi connectivity index (χ1) is 23.3. The molecule has 49 heavy (non-hydrogen) atoms. The average Bonchev–Trinajstić information content (AvgIpc) is 3.05. The fourth-order valence-corrected chi connectivity index (χ4v) is 4.74. The van der Waals surface area contributed by atoms with Gasteiger partial charge in [-0.2, -0.15) is 0 Å². The van der Waals surface area contributed by atoms with Gasteiger partial charge in [0.05, 0.1) is 6.42 Å². The van der Waals surface area contributed by atoms with Crippen LogP contribution in [0.5, 0.6) is 0 Å². The summed E-state index contributed by atoms with van der Waals surface area (Å²) in [6.45, 7) is 4.15. The van der Waals surface area contributed by atoms with Crippen molar-refractivity contribution >= 4 is 41.4 Å². The van der Waals surface area contributed by atoms with Crippen LogP contribution in [-0.4, -0.2) is 72.6 Å². The molecule has 0 aliphatic carbocycles. The van der Waals surface area contributed by atoms with E-state index < -0.39 is 35.8 Å². The summed E-state index contributed by atoms with van der Waals surface area (Å²) in [6.07, 6.45) is 1.24. The number of nitrogens with zero attached hydrogens (tertiary/aromatic N) is 2. The molecule has 0 heterocycles. The smallest absolute Gasteiger partial charge is 0.243 e. The van der Waals surface area contributed by atoms with Crippen molar-refractivity contribution in [1.82, 2.24) is 21.3 Å². The Hall–Kier alpha value is -5.67. The molecule has 0 aliphatic heterocycles. The maximum Gasteiger partial charge on any atom is 0.243 e. The molecule has 2 aromatic carbocycles. The number of hydrogen-bond donors (Lipinski definition) is 10. The third-order valence-electron chi connectivity index (χ3n) is 7.36. The first-order valence-electron chi connectivity index (χ1n) is 16.0. The second kappa shape index (κ2) is 20.5. The number of hydrogen-bond acceptors (Lipinski definition) is 7. The molecule has 0 fully saturated rings. The van der Waals surface area contributed by atoms with Crippen molar-refractivity contribution < 1.29 is 19.2 Å². The summed E-state index contributed by atoms with van der Waals surface area (Å²) in [4.78, 5) is 61.3. The van der Waals surface area contributed by atoms with E-state index in [1.54, 1.807) is 50.2 Å². The second-order valence-electron chi connectivity index (χ2n) is 11.8. The Balaban J connectivity index is 2.17. The lowest BCUT2D eigenvalue weighted by Gasteiger charge is -2.27. The molecule has 2 aromatic rings. The van der Waals surface area contributed by atoms with Gasteiger partial charge in [0.1, 0.15) is 24.0 Å². The highest BCUT2D eigenvalue weighted by molar-refractivity contribution is 5.95. The van der Waals surface area contributed by atoms with Crippen LogP contribution in [-0.2, 0) is 32.1 Å². The number of nitrogens with two attached hydrogens (primary N) is 5. The maximum absolute atomic E-state index is 13.6. The molecule has 0 saturated heterocycles. The van der Waals surface area contributed by atoms with Gasteiger partial charge in [0, 0.05) is 25.2 Å². The zero-order valence-corrected chi connectivity index (χ0v) is 28.1. The Morgan fingerprint density at radius 3 is 1.76 bits per heavy atom. The summed E-state index contributed by atoms with van der Waals surface area (Å²) in [5.41, 5.74) is 29.3. The number of rotatable bonds is 20. The normalized spacial score (nSPS) is 12.5. The quantitative estimate of drug-likeness (QED) is 0.0468. The first kappa shape index (κ1) is 39.5. The van der Waals surface area contributed by atoms with Crippen LogP contribution in [0.3, 0.4) is 0 Å². The maximum atomic E-state index is 13.6. The number of carbonyl (C=O) groups is 4. The second-order valence-corrected chi connectivity index (χ2v) is 11.8. The molecule has 0 saturated carbocycles. The van der Waals surface area contributed by atoms with Crippen molar-refractivity contribution in [2.45, 2.75) is 70.6 Å². The predicted molar refractivity (Wildman–Crippen MR) is 190 cm³/mol. The van der Waals surface area contributed by atoms with Crippen LogP contribution < -0.4 is 49.9 Å². The molecule has 0 aliphatic rings. The van der Waals surface area contributed by atoms with E-state index in [1.165, 1.54) is 0 Å². The van der Waals surface area contributed by atoms with Gasteiger partial charge in [-0.1, -0.05) is 68.4 Å². The van der Waals surface area contributed by atoms with Crippen LogP contribution in [0.25, 0.3) is 0 Å². The summed E-state index contributed by atoms with van der Waals surface area (Å²) in [5.74, 6) is -2.60. The highest BCUT2D eigenvalue weighted by atomic mass is 16.2. The molecule has 3 atom stereocenters. The number of aliphatic imine (C=N–C) groups is 2. The monoisotopic (exact) mass is 678 g/mol. The van der Waals surface area contributed by atoms with E-state index in [9.17, 15) is 19.2 Å². The molecule has 0 aromatic heterocycles. The van der Waals surface area contributed by atoms with E-state index in [-0.39, 0.29) is 68.5 Å². The van der Waals surface area contributed by atoms with Gasteiger partial charge in [0.2, 0.25) is 23.6 Å². The molecule has 0 spiro atoms. The molecule has 0 bridgehead atoms. The van der Waals surface area contributed by atoms with Crippen LogP contribution >= 0.6 is 0 Å². The van der Waals surface area contributed by atoms with E-state index in [0.29, 0.717) is 18.4 Å². The minimum absolute atomic E-state index is 0.0597. The Morgan fingerprint density at radius 2 is 1.24 bits per heavy atom. The van der Waals surface area contributed by atoms with Crippen LogP contribution in [0.2, 0.25) is 0 Å². The molecule has 2 rings (SSSR count). The highest BCUT2D eigenvalue weighted by Crippen LogP contribution is 2.09. The molecule has 0 radical (unpaired) electrons. The molecule has 4 amide bonds. The molecule has 16 nitrogen and oxygen atoms in total. The van der Waals surface area contributed by atoms with E-state index in [4.69, 9.17) is 34.1 Å². The average molecular weight is 679 g/mol. The molecule has 16 heteroatoms. The number of amides is 4. The minimum Gasteiger partial charge on any atom is -0.384 e. The van der Waals surface area contributed by atoms with Gasteiger partial charge in [0.25, 0.3) is 0 Å². The Morgan fingerprint density at radius 1 is 0.694 bits per heavy atom. The molecule has 266 valence electrons. The largest absolute Gasteiger partial charge is 0.384 e. The van der Waals surface area contributed by atoms with Crippen molar-refractivity contribution in [2.75, 3.05) is 13.1 Å². The van der Waals surface area contributed by atoms with Crippen LogP contribution in [0.15, 0.2) is 64.6 Å². The number of guanidine groups is 2. The topological polar surface area (TPSA) is 295 Å². The van der Waals surface area contributed by atoms with Crippen molar-refractivity contribution in [3.63, 3.8) is 0 Å². The van der Waals surface area contributed by atoms with Crippen molar-refractivity contribution in [2.24, 2.45) is 44.6 Å². The molecular weight excluding hydrogens is 628 g/mol. The predicted octanol–water partition coefficient (Wildman–Crippen LogP) is -0.953. The Bertz CT molecular complexity index is 1450. The Labute approximate surface area is 286 Å². The van der Waals surface area contributed by atoms with Crippen molar-refractivity contribution in [3.8, 4) is 0 Å². The van der Waals surface area contributed by atoms with Gasteiger partial charge >= 0.3 is 0 Å². The van der Waals surface area contributed by atoms with Gasteiger partial charge in [0.15, 0.2) is 11.9 Å². The van der Waals surface area contributed by atoms with Crippen molar-refractivity contribution in [3.05, 3.63) is 71.3 Å². The van der Waals surface area contributed by atoms with Gasteiger partial charge in [-0.15, -0.1) is 0 Å². The van der Waals surface area contributed by atoms with Crippen LogP contribution in [0.4, 0.5) is 0 Å². The van der Waals surface area contributed by atoms with E-state index in [0.717, 1.165) is 11.1 Å². The molecular formula is C33H50N12O4. The fourth-order valence-electron chi connectivity index (χ4n) is 4.74. The number of nitrogen functional groups attached to an aromatic ring is 1. The Kier molecular flexibility index (Phi) is 16.6. The number of nitrogens with one attached hydrogen (secondary N) is 5. The standard InChI is InChI=1S/C33H50N12O4/c1-20(2)27(45-30(48)25(11-7-17-41-33(38)39)43-26(46)18-21-8-4-3-5-9-21)31(49)44-24(10-6-16-40-32(36)37)29(47)42-19-22-12-14-23(15-13-22)28(34)35/h3-5,8-9,12-15,20,24-25,27H,6-7,10-11,16-19H2,1-2H3,(H3,34,35)(H,42,47)(H,43,46)(H,44,49)(H,45,48)(H4,36,37,40)(H4,38,39,41)/t24-,25-,27+/m0/s1. The van der Waals surface area contributed by atoms with Crippen molar-refractivity contribution in [1.29, 1.82) is 5.41 Å². The summed E-state index contributed by atoms with van der Waals surface area (Å²) >= 11 is 0. The highest BCUT2D eigenvalue weighted by Gasteiger charge is 2.31. The number of carbonyl (C=O) groups excluding carboxylic acids is 4. The van der Waals surface area contributed by atoms with Gasteiger partial charge in [-0.25, -0.2) is 0 Å². The summed E-state index contributed by atoms with van der Waals surface area (Å²) in [5, 5.41) is 18.7. The zero-order chi connectivity index (χ0) is 36.3. The fraction of sp³-hybridized carbons (Fsp3) is 0.424. The SMILES string of the molecule is CC(C)[C@@H](NC(=O)[C@H](CCCN=C(N)N)NC(=O)Cc1ccccc1)C(=O)N[C@@H](CCCN=C(N)N)C(=O)NCc1ccc(C(=N)N)cc1. The van der Waals surface area contributed by atoms with Gasteiger partial charge < -0.3 is 49.9 Å². The first-order valence-corrected chi connectivity index (χ1v) is 16.0. The van der Waals surface area contributed by atoms with Gasteiger partial charge in [-0.3, -0.25) is 34.6 Å². The minimum atomic E-state index is -1.04. The summed E-state index contributed by atoms with van der Waals surface area (Å²) < 4.78 is 0. The molecule has 15 N–H and O–H groups in total. The van der Waals surface area contributed by atoms with E-state index in [1.807, 2.05) is 18.2 Å².